The quantitative estimate of drug-likeness (QED) is 0.188. The van der Waals surface area contributed by atoms with E-state index in [1.54, 1.807) is 40.7 Å². The van der Waals surface area contributed by atoms with Crippen LogP contribution in [-0.2, 0) is 16.2 Å². The number of hydrogen-bond acceptors (Lipinski definition) is 6. The highest BCUT2D eigenvalue weighted by Crippen LogP contribution is 2.31. The summed E-state index contributed by atoms with van der Waals surface area (Å²) in [6.45, 7) is 10.6. The summed E-state index contributed by atoms with van der Waals surface area (Å²) in [4.78, 5) is 44.8. The van der Waals surface area contributed by atoms with Crippen LogP contribution in [0.4, 0.5) is 0 Å². The first-order valence-electron chi connectivity index (χ1n) is 13.8. The SMILES string of the molecule is C=CCC(C)(C)C(=O)N1CCC(CC(=O)NO)(NC(=O)c2ccc(OCc3cc(C)nc4ccccc34)cc2)CC1. The maximum atomic E-state index is 13.3. The van der Waals surface area contributed by atoms with E-state index in [9.17, 15) is 19.6 Å². The zero-order chi connectivity index (χ0) is 29.6. The van der Waals surface area contributed by atoms with Gasteiger partial charge in [-0.25, -0.2) is 5.48 Å². The lowest BCUT2D eigenvalue weighted by molar-refractivity contribution is -0.142. The van der Waals surface area contributed by atoms with Gasteiger partial charge in [-0.1, -0.05) is 38.1 Å². The topological polar surface area (TPSA) is 121 Å². The predicted molar refractivity (Wildman–Crippen MR) is 156 cm³/mol. The second-order valence-corrected chi connectivity index (χ2v) is 11.4. The van der Waals surface area contributed by atoms with Gasteiger partial charge < -0.3 is 15.0 Å². The highest BCUT2D eigenvalue weighted by molar-refractivity contribution is 5.95. The largest absolute Gasteiger partial charge is 0.489 e. The lowest BCUT2D eigenvalue weighted by Crippen LogP contribution is -2.58. The number of aromatic nitrogens is 1. The Bertz CT molecular complexity index is 1430. The molecule has 2 heterocycles. The van der Waals surface area contributed by atoms with Crippen LogP contribution in [0, 0.1) is 12.3 Å². The van der Waals surface area contributed by atoms with E-state index in [2.05, 4.69) is 16.9 Å². The average Bonchev–Trinajstić information content (AvgIpc) is 2.96. The molecule has 3 N–H and O–H groups in total. The molecule has 3 amide bonds. The van der Waals surface area contributed by atoms with Crippen LogP contribution in [0.15, 0.2) is 67.3 Å². The summed E-state index contributed by atoms with van der Waals surface area (Å²) in [5, 5.41) is 13.2. The van der Waals surface area contributed by atoms with Crippen LogP contribution in [0.2, 0.25) is 0 Å². The maximum absolute atomic E-state index is 13.3. The van der Waals surface area contributed by atoms with E-state index < -0.39 is 16.9 Å². The fourth-order valence-corrected chi connectivity index (χ4v) is 5.40. The minimum atomic E-state index is -0.904. The number of para-hydroxylation sites is 1. The molecule has 3 aromatic rings. The molecule has 4 rings (SSSR count). The van der Waals surface area contributed by atoms with E-state index in [0.29, 0.717) is 50.3 Å². The number of carbonyl (C=O) groups is 3. The average molecular weight is 559 g/mol. The summed E-state index contributed by atoms with van der Waals surface area (Å²) in [7, 11) is 0. The zero-order valence-corrected chi connectivity index (χ0v) is 23.9. The van der Waals surface area contributed by atoms with E-state index in [1.807, 2.05) is 51.1 Å². The lowest BCUT2D eigenvalue weighted by atomic mass is 9.81. The number of nitrogens with one attached hydrogen (secondary N) is 2. The van der Waals surface area contributed by atoms with E-state index >= 15 is 0 Å². The van der Waals surface area contributed by atoms with Crippen LogP contribution >= 0.6 is 0 Å². The van der Waals surface area contributed by atoms with Crippen molar-refractivity contribution in [2.45, 2.75) is 58.6 Å². The number of fused-ring (bicyclic) bond motifs is 1. The predicted octanol–water partition coefficient (Wildman–Crippen LogP) is 4.71. The summed E-state index contributed by atoms with van der Waals surface area (Å²) in [6, 6.07) is 16.8. The Morgan fingerprint density at radius 3 is 2.46 bits per heavy atom. The number of aryl methyl sites for hydroxylation is 1. The molecule has 2 aromatic carbocycles. The van der Waals surface area contributed by atoms with Crippen molar-refractivity contribution in [2.24, 2.45) is 5.41 Å². The third-order valence-corrected chi connectivity index (χ3v) is 7.68. The van der Waals surface area contributed by atoms with Crippen molar-refractivity contribution in [3.63, 3.8) is 0 Å². The molecular formula is C32H38N4O5. The van der Waals surface area contributed by atoms with Crippen LogP contribution < -0.4 is 15.5 Å². The number of hydroxylamine groups is 1. The van der Waals surface area contributed by atoms with Gasteiger partial charge in [0.25, 0.3) is 5.91 Å². The Balaban J connectivity index is 1.42. The van der Waals surface area contributed by atoms with E-state index in [1.165, 1.54) is 0 Å². The Hall–Kier alpha value is -4.24. The standard InChI is InChI=1S/C32H38N4O5/c1-5-14-31(3,4)30(39)36-17-15-32(16-18-36,20-28(37)35-40)34-29(38)23-10-12-25(13-11-23)41-21-24-19-22(2)33-27-9-7-6-8-26(24)27/h5-13,19,40H,1,14-18,20-21H2,2-4H3,(H,34,38)(H,35,37). The molecule has 1 aliphatic heterocycles. The van der Waals surface area contributed by atoms with Crippen molar-refractivity contribution >= 4 is 28.6 Å². The minimum Gasteiger partial charge on any atom is -0.489 e. The number of ether oxygens (including phenoxy) is 1. The number of allylic oxidation sites excluding steroid dienone is 1. The first-order chi connectivity index (χ1) is 19.6. The molecule has 41 heavy (non-hydrogen) atoms. The molecule has 216 valence electrons. The molecule has 9 heteroatoms. The third kappa shape index (κ3) is 7.10. The summed E-state index contributed by atoms with van der Waals surface area (Å²) in [5.41, 5.74) is 3.45. The molecule has 1 aromatic heterocycles. The number of carbonyl (C=O) groups excluding carboxylic acids is 3. The number of nitrogens with zero attached hydrogens (tertiary/aromatic N) is 2. The van der Waals surface area contributed by atoms with Gasteiger partial charge in [0.05, 0.1) is 17.5 Å². The first-order valence-corrected chi connectivity index (χ1v) is 13.8. The number of likely N-dealkylation sites (tertiary alicyclic amines) is 1. The molecule has 0 radical (unpaired) electrons. The van der Waals surface area contributed by atoms with Crippen LogP contribution in [0.3, 0.4) is 0 Å². The van der Waals surface area contributed by atoms with Gasteiger partial charge in [-0.15, -0.1) is 6.58 Å². The fourth-order valence-electron chi connectivity index (χ4n) is 5.40. The van der Waals surface area contributed by atoms with E-state index in [0.717, 1.165) is 22.2 Å². The Morgan fingerprint density at radius 1 is 1.12 bits per heavy atom. The van der Waals surface area contributed by atoms with Crippen molar-refractivity contribution < 1.29 is 24.3 Å². The number of amides is 3. The molecule has 1 aliphatic rings. The third-order valence-electron chi connectivity index (χ3n) is 7.68. The zero-order valence-electron chi connectivity index (χ0n) is 23.9. The molecule has 1 fully saturated rings. The number of piperidine rings is 1. The molecule has 0 aliphatic carbocycles. The molecule has 0 unspecified atom stereocenters. The molecule has 0 saturated carbocycles. The number of pyridine rings is 1. The van der Waals surface area contributed by atoms with Gasteiger partial charge in [-0.05, 0) is 62.6 Å². The number of benzene rings is 2. The fraction of sp³-hybridized carbons (Fsp3) is 0.375. The van der Waals surface area contributed by atoms with Crippen LogP contribution in [-0.4, -0.2) is 51.4 Å². The summed E-state index contributed by atoms with van der Waals surface area (Å²) in [5.74, 6) is -0.317. The van der Waals surface area contributed by atoms with E-state index in [-0.39, 0.29) is 18.2 Å². The Kier molecular flexibility index (Phi) is 9.08. The van der Waals surface area contributed by atoms with Gasteiger partial charge in [0, 0.05) is 40.7 Å². The lowest BCUT2D eigenvalue weighted by Gasteiger charge is -2.43. The first kappa shape index (κ1) is 29.7. The number of rotatable bonds is 10. The van der Waals surface area contributed by atoms with Gasteiger partial charge in [0.2, 0.25) is 11.8 Å². The van der Waals surface area contributed by atoms with Gasteiger partial charge in [0.15, 0.2) is 0 Å². The van der Waals surface area contributed by atoms with Gasteiger partial charge >= 0.3 is 0 Å². The Labute approximate surface area is 240 Å². The molecule has 0 spiro atoms. The summed E-state index contributed by atoms with van der Waals surface area (Å²) in [6.07, 6.45) is 2.94. The Morgan fingerprint density at radius 2 is 1.80 bits per heavy atom. The maximum Gasteiger partial charge on any atom is 0.251 e. The molecular weight excluding hydrogens is 520 g/mol. The van der Waals surface area contributed by atoms with Gasteiger partial charge in [-0.2, -0.15) is 0 Å². The van der Waals surface area contributed by atoms with Crippen molar-refractivity contribution in [1.29, 1.82) is 0 Å². The van der Waals surface area contributed by atoms with E-state index in [4.69, 9.17) is 4.74 Å². The van der Waals surface area contributed by atoms with Crippen LogP contribution in [0.1, 0.15) is 61.1 Å². The molecule has 9 nitrogen and oxygen atoms in total. The molecule has 0 bridgehead atoms. The minimum absolute atomic E-state index is 0.00875. The molecule has 1 saturated heterocycles. The van der Waals surface area contributed by atoms with Gasteiger partial charge in [0.1, 0.15) is 12.4 Å². The number of hydrogen-bond donors (Lipinski definition) is 3. The van der Waals surface area contributed by atoms with Crippen LogP contribution in [0.5, 0.6) is 5.75 Å². The van der Waals surface area contributed by atoms with Crippen molar-refractivity contribution in [1.82, 2.24) is 20.7 Å². The van der Waals surface area contributed by atoms with Crippen molar-refractivity contribution in [3.8, 4) is 5.75 Å². The second kappa shape index (κ2) is 12.5. The van der Waals surface area contributed by atoms with Crippen molar-refractivity contribution in [2.75, 3.05) is 13.1 Å². The smallest absolute Gasteiger partial charge is 0.251 e. The second-order valence-electron chi connectivity index (χ2n) is 11.4. The van der Waals surface area contributed by atoms with Gasteiger partial charge in [-0.3, -0.25) is 24.6 Å². The highest BCUT2D eigenvalue weighted by atomic mass is 16.5. The summed E-state index contributed by atoms with van der Waals surface area (Å²) < 4.78 is 6.02. The van der Waals surface area contributed by atoms with Crippen LogP contribution in [0.25, 0.3) is 10.9 Å². The van der Waals surface area contributed by atoms with Crippen molar-refractivity contribution in [3.05, 3.63) is 84.1 Å². The highest BCUT2D eigenvalue weighted by Gasteiger charge is 2.41. The summed E-state index contributed by atoms with van der Waals surface area (Å²) >= 11 is 0. The molecule has 0 atom stereocenters. The monoisotopic (exact) mass is 558 g/mol. The normalized spacial score (nSPS) is 14.8.